The molecule has 3 rings (SSSR count). The third-order valence-electron chi connectivity index (χ3n) is 4.97. The van der Waals surface area contributed by atoms with Gasteiger partial charge >= 0.3 is 5.97 Å². The van der Waals surface area contributed by atoms with Crippen LogP contribution in [0.1, 0.15) is 34.6 Å². The molecule has 2 aliphatic rings. The van der Waals surface area contributed by atoms with Crippen LogP contribution in [0.4, 0.5) is 0 Å². The summed E-state index contributed by atoms with van der Waals surface area (Å²) in [5.74, 6) is -0.177. The number of aliphatic carboxylic acids is 1. The number of benzene rings is 1. The fourth-order valence-electron chi connectivity index (χ4n) is 3.44. The van der Waals surface area contributed by atoms with E-state index in [1.807, 2.05) is 0 Å². The number of likely N-dealkylation sites (tertiary alicyclic amines) is 1. The monoisotopic (exact) mass is 288 g/mol. The highest BCUT2D eigenvalue weighted by Gasteiger charge is 2.28. The molecule has 4 heteroatoms. The van der Waals surface area contributed by atoms with Crippen molar-refractivity contribution in [1.29, 1.82) is 0 Å². The normalized spacial score (nSPS) is 23.2. The first kappa shape index (κ1) is 14.5. The number of nitrogens with one attached hydrogen (secondary N) is 1. The number of carbonyl (C=O) groups is 1. The lowest BCUT2D eigenvalue weighted by Gasteiger charge is -2.29. The van der Waals surface area contributed by atoms with Gasteiger partial charge in [0.25, 0.3) is 0 Å². The number of rotatable bonds is 4. The Bertz CT molecular complexity index is 529. The molecule has 2 heterocycles. The standard InChI is InChI=1S/C17H24N2O2/c1-11-5-14(15-7-18-8-15)6-12(2)16(11)10-19-4-3-13(9-19)17(20)21/h5-6,13,15,18H,3-4,7-10H2,1-2H3,(H,20,21). The Labute approximate surface area is 126 Å². The lowest BCUT2D eigenvalue weighted by molar-refractivity contribution is -0.141. The first-order valence-corrected chi connectivity index (χ1v) is 7.80. The number of nitrogens with zero attached hydrogens (tertiary/aromatic N) is 1. The van der Waals surface area contributed by atoms with Gasteiger partial charge in [0.05, 0.1) is 5.92 Å². The molecule has 0 aromatic heterocycles. The molecule has 2 N–H and O–H groups in total. The minimum absolute atomic E-state index is 0.189. The summed E-state index contributed by atoms with van der Waals surface area (Å²) >= 11 is 0. The van der Waals surface area contributed by atoms with Gasteiger partial charge in [0.2, 0.25) is 0 Å². The maximum absolute atomic E-state index is 11.1. The van der Waals surface area contributed by atoms with Crippen LogP contribution in [0.2, 0.25) is 0 Å². The highest BCUT2D eigenvalue weighted by molar-refractivity contribution is 5.70. The molecular formula is C17H24N2O2. The van der Waals surface area contributed by atoms with Crippen molar-refractivity contribution in [2.24, 2.45) is 5.92 Å². The smallest absolute Gasteiger partial charge is 0.307 e. The van der Waals surface area contributed by atoms with Crippen LogP contribution in [0.25, 0.3) is 0 Å². The summed E-state index contributed by atoms with van der Waals surface area (Å²) < 4.78 is 0. The SMILES string of the molecule is Cc1cc(C2CNC2)cc(C)c1CN1CCC(C(=O)O)C1. The minimum Gasteiger partial charge on any atom is -0.481 e. The molecule has 2 fully saturated rings. The Kier molecular flexibility index (Phi) is 4.00. The van der Waals surface area contributed by atoms with Crippen LogP contribution in [-0.4, -0.2) is 42.2 Å². The van der Waals surface area contributed by atoms with Gasteiger partial charge in [-0.15, -0.1) is 0 Å². The summed E-state index contributed by atoms with van der Waals surface area (Å²) in [7, 11) is 0. The summed E-state index contributed by atoms with van der Waals surface area (Å²) in [6.45, 7) is 9.00. The van der Waals surface area contributed by atoms with Crippen LogP contribution < -0.4 is 5.32 Å². The number of hydrogen-bond acceptors (Lipinski definition) is 3. The van der Waals surface area contributed by atoms with E-state index in [1.165, 1.54) is 22.3 Å². The highest BCUT2D eigenvalue weighted by Crippen LogP contribution is 2.27. The van der Waals surface area contributed by atoms with E-state index in [4.69, 9.17) is 5.11 Å². The van der Waals surface area contributed by atoms with E-state index < -0.39 is 5.97 Å². The maximum atomic E-state index is 11.1. The molecule has 114 valence electrons. The van der Waals surface area contributed by atoms with Gasteiger partial charge in [-0.2, -0.15) is 0 Å². The van der Waals surface area contributed by atoms with Crippen molar-refractivity contribution in [3.8, 4) is 0 Å². The summed E-state index contributed by atoms with van der Waals surface area (Å²) in [4.78, 5) is 13.3. The number of aryl methyl sites for hydroxylation is 2. The maximum Gasteiger partial charge on any atom is 0.307 e. The first-order valence-electron chi connectivity index (χ1n) is 7.80. The van der Waals surface area contributed by atoms with Crippen molar-refractivity contribution in [1.82, 2.24) is 10.2 Å². The molecule has 21 heavy (non-hydrogen) atoms. The van der Waals surface area contributed by atoms with Gasteiger partial charge in [0.15, 0.2) is 0 Å². The lowest BCUT2D eigenvalue weighted by Crippen LogP contribution is -2.40. The molecule has 0 spiro atoms. The average molecular weight is 288 g/mol. The molecule has 2 aliphatic heterocycles. The third kappa shape index (κ3) is 2.97. The molecule has 0 aliphatic carbocycles. The number of hydrogen-bond donors (Lipinski definition) is 2. The molecule has 1 unspecified atom stereocenters. The fraction of sp³-hybridized carbons (Fsp3) is 0.588. The van der Waals surface area contributed by atoms with Crippen molar-refractivity contribution in [3.63, 3.8) is 0 Å². The predicted octanol–water partition coefficient (Wildman–Crippen LogP) is 1.90. The third-order valence-corrected chi connectivity index (χ3v) is 4.97. The van der Waals surface area contributed by atoms with Crippen molar-refractivity contribution in [3.05, 3.63) is 34.4 Å². The fourth-order valence-corrected chi connectivity index (χ4v) is 3.44. The van der Waals surface area contributed by atoms with Crippen LogP contribution in [0.5, 0.6) is 0 Å². The van der Waals surface area contributed by atoms with E-state index in [0.717, 1.165) is 32.6 Å². The van der Waals surface area contributed by atoms with E-state index in [1.54, 1.807) is 0 Å². The van der Waals surface area contributed by atoms with E-state index in [-0.39, 0.29) is 5.92 Å². The van der Waals surface area contributed by atoms with E-state index >= 15 is 0 Å². The Morgan fingerprint density at radius 3 is 2.48 bits per heavy atom. The van der Waals surface area contributed by atoms with E-state index in [2.05, 4.69) is 36.2 Å². The van der Waals surface area contributed by atoms with Crippen LogP contribution in [0.15, 0.2) is 12.1 Å². The zero-order valence-corrected chi connectivity index (χ0v) is 12.9. The molecule has 1 aromatic rings. The van der Waals surface area contributed by atoms with Gasteiger partial charge in [0.1, 0.15) is 0 Å². The van der Waals surface area contributed by atoms with Gasteiger partial charge in [-0.1, -0.05) is 12.1 Å². The Hall–Kier alpha value is -1.39. The Balaban J connectivity index is 1.72. The van der Waals surface area contributed by atoms with Crippen molar-refractivity contribution >= 4 is 5.97 Å². The van der Waals surface area contributed by atoms with Crippen LogP contribution in [-0.2, 0) is 11.3 Å². The first-order chi connectivity index (χ1) is 10.0. The lowest BCUT2D eigenvalue weighted by atomic mass is 9.89. The molecule has 0 saturated carbocycles. The summed E-state index contributed by atoms with van der Waals surface area (Å²) in [6.07, 6.45) is 0.777. The van der Waals surface area contributed by atoms with Crippen molar-refractivity contribution < 1.29 is 9.90 Å². The van der Waals surface area contributed by atoms with Crippen LogP contribution in [0, 0.1) is 19.8 Å². The van der Waals surface area contributed by atoms with Gasteiger partial charge in [0, 0.05) is 32.1 Å². The summed E-state index contributed by atoms with van der Waals surface area (Å²) in [5, 5.41) is 12.4. The molecule has 1 aromatic carbocycles. The zero-order chi connectivity index (χ0) is 15.0. The second-order valence-electron chi connectivity index (χ2n) is 6.55. The van der Waals surface area contributed by atoms with Crippen molar-refractivity contribution in [2.75, 3.05) is 26.2 Å². The largest absolute Gasteiger partial charge is 0.481 e. The van der Waals surface area contributed by atoms with Gasteiger partial charge in [-0.25, -0.2) is 0 Å². The van der Waals surface area contributed by atoms with Gasteiger partial charge in [-0.3, -0.25) is 9.69 Å². The quantitative estimate of drug-likeness (QED) is 0.888. The minimum atomic E-state index is -0.654. The molecule has 4 nitrogen and oxygen atoms in total. The van der Waals surface area contributed by atoms with Crippen molar-refractivity contribution in [2.45, 2.75) is 32.7 Å². The number of carboxylic acid groups (broad SMARTS) is 1. The highest BCUT2D eigenvalue weighted by atomic mass is 16.4. The van der Waals surface area contributed by atoms with Gasteiger partial charge < -0.3 is 10.4 Å². The zero-order valence-electron chi connectivity index (χ0n) is 12.9. The molecule has 0 amide bonds. The topological polar surface area (TPSA) is 52.6 Å². The molecule has 0 radical (unpaired) electrons. The van der Waals surface area contributed by atoms with E-state index in [0.29, 0.717) is 12.5 Å². The van der Waals surface area contributed by atoms with Gasteiger partial charge in [-0.05, 0) is 49.1 Å². The molecule has 2 saturated heterocycles. The second-order valence-corrected chi connectivity index (χ2v) is 6.55. The van der Waals surface area contributed by atoms with Crippen LogP contribution in [0.3, 0.4) is 0 Å². The Morgan fingerprint density at radius 2 is 2.00 bits per heavy atom. The molecule has 0 bridgehead atoms. The molecule has 1 atom stereocenters. The molecular weight excluding hydrogens is 264 g/mol. The summed E-state index contributed by atoms with van der Waals surface area (Å²) in [5.41, 5.74) is 5.50. The van der Waals surface area contributed by atoms with Crippen LogP contribution >= 0.6 is 0 Å². The summed E-state index contributed by atoms with van der Waals surface area (Å²) in [6, 6.07) is 4.64. The predicted molar refractivity (Wildman–Crippen MR) is 82.5 cm³/mol. The Morgan fingerprint density at radius 1 is 1.33 bits per heavy atom. The van der Waals surface area contributed by atoms with E-state index in [9.17, 15) is 4.79 Å². The number of carboxylic acids is 1. The second kappa shape index (κ2) is 5.78. The average Bonchev–Trinajstić information content (AvgIpc) is 2.80.